The molecule has 0 saturated carbocycles. The van der Waals surface area contributed by atoms with Crippen LogP contribution >= 0.6 is 0 Å². The van der Waals surface area contributed by atoms with Gasteiger partial charge in [0.15, 0.2) is 11.4 Å². The Hall–Kier alpha value is -7.83. The summed E-state index contributed by atoms with van der Waals surface area (Å²) in [4.78, 5) is 15.4. The molecule has 266 valence electrons. The van der Waals surface area contributed by atoms with E-state index in [2.05, 4.69) is 91.0 Å². The van der Waals surface area contributed by atoms with Gasteiger partial charge < -0.3 is 13.3 Å². The van der Waals surface area contributed by atoms with Gasteiger partial charge in [0.05, 0.1) is 16.8 Å². The van der Waals surface area contributed by atoms with E-state index in [1.807, 2.05) is 84.9 Å². The van der Waals surface area contributed by atoms with Gasteiger partial charge in [0.25, 0.3) is 0 Å². The predicted octanol–water partition coefficient (Wildman–Crippen LogP) is 13.9. The highest BCUT2D eigenvalue weighted by Gasteiger charge is 2.21. The van der Waals surface area contributed by atoms with Crippen LogP contribution in [0.5, 0.6) is 0 Å². The summed E-state index contributed by atoms with van der Waals surface area (Å²) in [5.41, 5.74) is 12.4. The summed E-state index contributed by atoms with van der Waals surface area (Å²) in [5, 5.41) is 6.13. The number of hydrogen-bond donors (Lipinski definition) is 0. The van der Waals surface area contributed by atoms with Gasteiger partial charge in [0.2, 0.25) is 5.89 Å². The van der Waals surface area contributed by atoms with Crippen LogP contribution in [0.2, 0.25) is 0 Å². The smallest absolute Gasteiger partial charge is 0.227 e. The van der Waals surface area contributed by atoms with Crippen molar-refractivity contribution in [2.24, 2.45) is 0 Å². The lowest BCUT2D eigenvalue weighted by Gasteiger charge is -2.12. The maximum atomic E-state index is 6.50. The molecule has 0 N–H and O–H groups in total. The maximum absolute atomic E-state index is 6.50. The van der Waals surface area contributed by atoms with E-state index in [1.165, 1.54) is 0 Å². The van der Waals surface area contributed by atoms with Crippen LogP contribution in [-0.2, 0) is 0 Å². The second-order valence-corrected chi connectivity index (χ2v) is 14.3. The molecule has 12 rings (SSSR count). The van der Waals surface area contributed by atoms with Crippen molar-refractivity contribution in [3.8, 4) is 56.5 Å². The monoisotopic (exact) mass is 731 g/mol. The molecule has 0 saturated heterocycles. The van der Waals surface area contributed by atoms with E-state index in [0.717, 1.165) is 105 Å². The lowest BCUT2D eigenvalue weighted by atomic mass is 9.98. The quantitative estimate of drug-likeness (QED) is 0.175. The number of aromatic nitrogens is 3. The number of para-hydroxylation sites is 1. The summed E-state index contributed by atoms with van der Waals surface area (Å²) >= 11 is 0. The average Bonchev–Trinajstić information content (AvgIpc) is 4.00. The summed E-state index contributed by atoms with van der Waals surface area (Å²) in [5.74, 6) is 1.21. The van der Waals surface area contributed by atoms with Crippen LogP contribution in [0.1, 0.15) is 0 Å². The first-order chi connectivity index (χ1) is 28.2. The van der Waals surface area contributed by atoms with Gasteiger partial charge in [-0.1, -0.05) is 109 Å². The normalized spacial score (nSPS) is 11.9. The van der Waals surface area contributed by atoms with E-state index in [-0.39, 0.29) is 0 Å². The molecule has 0 unspecified atom stereocenters. The molecule has 0 atom stereocenters. The lowest BCUT2D eigenvalue weighted by molar-refractivity contribution is 0.622. The molecular weight excluding hydrogens is 703 g/mol. The molecule has 0 amide bonds. The van der Waals surface area contributed by atoms with Crippen LogP contribution in [0.15, 0.2) is 189 Å². The summed E-state index contributed by atoms with van der Waals surface area (Å²) in [6.07, 6.45) is 0. The van der Waals surface area contributed by atoms with E-state index < -0.39 is 0 Å². The molecule has 0 spiro atoms. The zero-order chi connectivity index (χ0) is 37.5. The number of nitrogens with zero attached hydrogens (tertiary/aromatic N) is 3. The van der Waals surface area contributed by atoms with E-state index in [4.69, 9.17) is 28.2 Å². The molecule has 0 radical (unpaired) electrons. The standard InChI is InChI=1S/C51H29N3O3/c1-3-11-30(12-4-1)41-29-42(34-16-9-15-32(27-34)33-21-22-37-36-17-7-8-20-43(36)55-46(37)28-33)53-50(52-41)39-19-10-18-38-35(39)23-25-44-47(38)48-45(56-44)26-24-40-49(48)57-51(54-40)31-13-5-2-6-14-31/h1-29H. The Morgan fingerprint density at radius 1 is 0.333 bits per heavy atom. The first kappa shape index (κ1) is 31.5. The van der Waals surface area contributed by atoms with Crippen LogP contribution in [0.4, 0.5) is 0 Å². The molecule has 0 bridgehead atoms. The number of benzene rings is 8. The van der Waals surface area contributed by atoms with Crippen LogP contribution in [0, 0.1) is 0 Å². The molecule has 0 fully saturated rings. The zero-order valence-electron chi connectivity index (χ0n) is 30.3. The van der Waals surface area contributed by atoms with E-state index in [1.54, 1.807) is 0 Å². The Morgan fingerprint density at radius 2 is 0.965 bits per heavy atom. The number of hydrogen-bond acceptors (Lipinski definition) is 6. The van der Waals surface area contributed by atoms with Crippen molar-refractivity contribution >= 4 is 65.7 Å². The third-order valence-electron chi connectivity index (χ3n) is 10.9. The van der Waals surface area contributed by atoms with Crippen LogP contribution in [0.25, 0.3) is 122 Å². The molecule has 57 heavy (non-hydrogen) atoms. The van der Waals surface area contributed by atoms with Gasteiger partial charge in [-0.05, 0) is 88.6 Å². The first-order valence-corrected chi connectivity index (χ1v) is 18.9. The summed E-state index contributed by atoms with van der Waals surface area (Å²) in [7, 11) is 0. The molecule has 12 aromatic rings. The number of furan rings is 2. The van der Waals surface area contributed by atoms with Crippen LogP contribution in [-0.4, -0.2) is 15.0 Å². The molecule has 8 aromatic carbocycles. The predicted molar refractivity (Wildman–Crippen MR) is 229 cm³/mol. The van der Waals surface area contributed by atoms with Gasteiger partial charge in [-0.25, -0.2) is 15.0 Å². The SMILES string of the molecule is c1ccc(-c2cc(-c3cccc(-c4ccc5c(c4)oc4ccccc45)c3)nc(-c3cccc4c3ccc3oc5ccc6nc(-c7ccccc7)oc6c5c34)n2)cc1. The molecular formula is C51H29N3O3. The minimum atomic E-state index is 0.575. The fourth-order valence-corrected chi connectivity index (χ4v) is 8.23. The molecule has 0 aliphatic rings. The van der Waals surface area contributed by atoms with Crippen LogP contribution in [0.3, 0.4) is 0 Å². The zero-order valence-corrected chi connectivity index (χ0v) is 30.3. The van der Waals surface area contributed by atoms with Crippen molar-refractivity contribution < 1.29 is 13.3 Å². The van der Waals surface area contributed by atoms with Gasteiger partial charge in [-0.3, -0.25) is 0 Å². The maximum Gasteiger partial charge on any atom is 0.227 e. The van der Waals surface area contributed by atoms with Gasteiger partial charge in [-0.2, -0.15) is 0 Å². The fraction of sp³-hybridized carbons (Fsp3) is 0. The Bertz CT molecular complexity index is 3530. The third-order valence-corrected chi connectivity index (χ3v) is 10.9. The van der Waals surface area contributed by atoms with Crippen LogP contribution < -0.4 is 0 Å². The Kier molecular flexibility index (Phi) is 6.83. The van der Waals surface area contributed by atoms with Crippen molar-refractivity contribution in [2.75, 3.05) is 0 Å². The van der Waals surface area contributed by atoms with Gasteiger partial charge in [0, 0.05) is 38.4 Å². The summed E-state index contributed by atoms with van der Waals surface area (Å²) in [6.45, 7) is 0. The minimum Gasteiger partial charge on any atom is -0.456 e. The molecule has 4 aromatic heterocycles. The average molecular weight is 732 g/mol. The highest BCUT2D eigenvalue weighted by Crippen LogP contribution is 2.42. The number of oxazole rings is 1. The Morgan fingerprint density at radius 3 is 1.84 bits per heavy atom. The van der Waals surface area contributed by atoms with Crippen molar-refractivity contribution in [1.82, 2.24) is 15.0 Å². The van der Waals surface area contributed by atoms with E-state index in [0.29, 0.717) is 17.3 Å². The fourth-order valence-electron chi connectivity index (χ4n) is 8.23. The highest BCUT2D eigenvalue weighted by molar-refractivity contribution is 6.26. The Balaban J connectivity index is 1.03. The van der Waals surface area contributed by atoms with Crippen molar-refractivity contribution in [2.45, 2.75) is 0 Å². The molecule has 0 aliphatic carbocycles. The largest absolute Gasteiger partial charge is 0.456 e. The van der Waals surface area contributed by atoms with E-state index >= 15 is 0 Å². The Labute approximate surface area is 325 Å². The van der Waals surface area contributed by atoms with Crippen molar-refractivity contribution in [1.29, 1.82) is 0 Å². The summed E-state index contributed by atoms with van der Waals surface area (Å²) in [6, 6.07) is 59.8. The van der Waals surface area contributed by atoms with Crippen molar-refractivity contribution in [3.63, 3.8) is 0 Å². The summed E-state index contributed by atoms with van der Waals surface area (Å²) < 4.78 is 19.2. The van der Waals surface area contributed by atoms with Gasteiger partial charge in [-0.15, -0.1) is 0 Å². The topological polar surface area (TPSA) is 78.1 Å². The second kappa shape index (κ2) is 12.3. The van der Waals surface area contributed by atoms with Crippen molar-refractivity contribution in [3.05, 3.63) is 176 Å². The molecule has 4 heterocycles. The molecule has 6 nitrogen and oxygen atoms in total. The lowest BCUT2D eigenvalue weighted by Crippen LogP contribution is -1.97. The number of rotatable bonds is 5. The molecule has 6 heteroatoms. The van der Waals surface area contributed by atoms with E-state index in [9.17, 15) is 0 Å². The number of fused-ring (bicyclic) bond motifs is 10. The third kappa shape index (κ3) is 5.08. The van der Waals surface area contributed by atoms with Gasteiger partial charge >= 0.3 is 0 Å². The molecule has 0 aliphatic heterocycles. The minimum absolute atomic E-state index is 0.575. The second-order valence-electron chi connectivity index (χ2n) is 14.3. The first-order valence-electron chi connectivity index (χ1n) is 18.9. The van der Waals surface area contributed by atoms with Gasteiger partial charge in [0.1, 0.15) is 27.8 Å². The highest BCUT2D eigenvalue weighted by atomic mass is 16.4.